The number of nitrogens with zero attached hydrogens (tertiary/aromatic N) is 2. The van der Waals surface area contributed by atoms with Gasteiger partial charge in [0, 0.05) is 26.3 Å². The van der Waals surface area contributed by atoms with Crippen LogP contribution in [0.25, 0.3) is 0 Å². The van der Waals surface area contributed by atoms with Crippen molar-refractivity contribution in [3.05, 3.63) is 17.5 Å². The first-order valence-electron chi connectivity index (χ1n) is 6.72. The molecule has 1 unspecified atom stereocenters. The van der Waals surface area contributed by atoms with E-state index in [-0.39, 0.29) is 0 Å². The Hall–Kier alpha value is -0.910. The molecule has 0 radical (unpaired) electrons. The van der Waals surface area contributed by atoms with Crippen LogP contribution in [0.15, 0.2) is 10.6 Å². The van der Waals surface area contributed by atoms with Crippen LogP contribution in [0.4, 0.5) is 0 Å². The van der Waals surface area contributed by atoms with Crippen molar-refractivity contribution in [2.24, 2.45) is 0 Å². The highest BCUT2D eigenvalue weighted by atomic mass is 16.5. The van der Waals surface area contributed by atoms with E-state index in [0.29, 0.717) is 6.10 Å². The van der Waals surface area contributed by atoms with Crippen molar-refractivity contribution in [1.29, 1.82) is 0 Å². The Labute approximate surface area is 108 Å². The van der Waals surface area contributed by atoms with Gasteiger partial charge in [0.2, 0.25) is 0 Å². The Morgan fingerprint density at radius 2 is 2.50 bits per heavy atom. The first-order valence-corrected chi connectivity index (χ1v) is 6.72. The van der Waals surface area contributed by atoms with Crippen molar-refractivity contribution in [2.75, 3.05) is 26.7 Å². The fraction of sp³-hybridized carbons (Fsp3) is 0.769. The third-order valence-electron chi connectivity index (χ3n) is 3.34. The molecule has 0 amide bonds. The molecule has 5 nitrogen and oxygen atoms in total. The molecule has 1 N–H and O–H groups in total. The smallest absolute Gasteiger partial charge is 0.151 e. The summed E-state index contributed by atoms with van der Waals surface area (Å²) in [4.78, 5) is 2.37. The number of aromatic nitrogens is 1. The number of likely N-dealkylation sites (tertiary alicyclic amines) is 1. The SMILES string of the molecule is CCNCc1cc(CN2CCCC(OC)C2)on1. The first kappa shape index (κ1) is 13.5. The van der Waals surface area contributed by atoms with E-state index in [2.05, 4.69) is 22.3 Å². The molecule has 0 bridgehead atoms. The second-order valence-corrected chi connectivity index (χ2v) is 4.80. The summed E-state index contributed by atoms with van der Waals surface area (Å²) < 4.78 is 10.8. The molecule has 1 atom stereocenters. The van der Waals surface area contributed by atoms with E-state index in [9.17, 15) is 0 Å². The molecular weight excluding hydrogens is 230 g/mol. The zero-order valence-corrected chi connectivity index (χ0v) is 11.3. The molecule has 1 aliphatic rings. The Morgan fingerprint density at radius 1 is 1.61 bits per heavy atom. The summed E-state index contributed by atoms with van der Waals surface area (Å²) in [5, 5.41) is 7.30. The number of piperidine rings is 1. The van der Waals surface area contributed by atoms with Crippen molar-refractivity contribution >= 4 is 0 Å². The first-order chi connectivity index (χ1) is 8.81. The Balaban J connectivity index is 1.83. The molecule has 0 aliphatic carbocycles. The molecule has 1 saturated heterocycles. The van der Waals surface area contributed by atoms with Crippen molar-refractivity contribution < 1.29 is 9.26 Å². The standard InChI is InChI=1S/C13H23N3O2/c1-3-14-8-11-7-13(18-15-11)10-16-6-4-5-12(9-16)17-2/h7,12,14H,3-6,8-10H2,1-2H3. The van der Waals surface area contributed by atoms with Crippen LogP contribution in [0.5, 0.6) is 0 Å². The van der Waals surface area contributed by atoms with E-state index in [1.807, 2.05) is 6.07 Å². The van der Waals surface area contributed by atoms with Crippen molar-refractivity contribution in [2.45, 2.75) is 39.0 Å². The molecule has 0 saturated carbocycles. The van der Waals surface area contributed by atoms with Crippen LogP contribution in [-0.4, -0.2) is 42.9 Å². The van der Waals surface area contributed by atoms with E-state index in [0.717, 1.165) is 50.6 Å². The topological polar surface area (TPSA) is 50.5 Å². The summed E-state index contributed by atoms with van der Waals surface area (Å²) >= 11 is 0. The largest absolute Gasteiger partial charge is 0.380 e. The summed E-state index contributed by atoms with van der Waals surface area (Å²) in [6.45, 7) is 6.74. The predicted octanol–water partition coefficient (Wildman–Crippen LogP) is 1.39. The third-order valence-corrected chi connectivity index (χ3v) is 3.34. The van der Waals surface area contributed by atoms with Crippen LogP contribution in [-0.2, 0) is 17.8 Å². The molecular formula is C13H23N3O2. The second kappa shape index (κ2) is 6.87. The van der Waals surface area contributed by atoms with Crippen LogP contribution >= 0.6 is 0 Å². The van der Waals surface area contributed by atoms with Crippen LogP contribution in [0, 0.1) is 0 Å². The van der Waals surface area contributed by atoms with Crippen LogP contribution < -0.4 is 5.32 Å². The number of nitrogens with one attached hydrogen (secondary N) is 1. The number of methoxy groups -OCH3 is 1. The maximum Gasteiger partial charge on any atom is 0.151 e. The molecule has 0 spiro atoms. The maximum absolute atomic E-state index is 5.42. The minimum absolute atomic E-state index is 0.364. The third kappa shape index (κ3) is 3.80. The summed E-state index contributed by atoms with van der Waals surface area (Å²) in [5.74, 6) is 0.944. The molecule has 1 aromatic rings. The molecule has 18 heavy (non-hydrogen) atoms. The predicted molar refractivity (Wildman–Crippen MR) is 69.2 cm³/mol. The van der Waals surface area contributed by atoms with Gasteiger partial charge in [-0.1, -0.05) is 12.1 Å². The lowest BCUT2D eigenvalue weighted by atomic mass is 10.1. The van der Waals surface area contributed by atoms with E-state index >= 15 is 0 Å². The Kier molecular flexibility index (Phi) is 5.16. The van der Waals surface area contributed by atoms with Gasteiger partial charge in [-0.05, 0) is 25.9 Å². The van der Waals surface area contributed by atoms with Crippen LogP contribution in [0.2, 0.25) is 0 Å². The normalized spacial score (nSPS) is 21.3. The van der Waals surface area contributed by atoms with Gasteiger partial charge in [-0.3, -0.25) is 4.90 Å². The lowest BCUT2D eigenvalue weighted by Gasteiger charge is -2.30. The molecule has 2 heterocycles. The average Bonchev–Trinajstić information content (AvgIpc) is 2.84. The number of hydrogen-bond acceptors (Lipinski definition) is 5. The van der Waals surface area contributed by atoms with Crippen molar-refractivity contribution in [3.8, 4) is 0 Å². The fourth-order valence-electron chi connectivity index (χ4n) is 2.34. The fourth-order valence-corrected chi connectivity index (χ4v) is 2.34. The van der Waals surface area contributed by atoms with E-state index in [1.54, 1.807) is 7.11 Å². The highest BCUT2D eigenvalue weighted by molar-refractivity contribution is 5.05. The van der Waals surface area contributed by atoms with E-state index in [1.165, 1.54) is 6.42 Å². The van der Waals surface area contributed by atoms with Gasteiger partial charge in [-0.2, -0.15) is 0 Å². The van der Waals surface area contributed by atoms with Gasteiger partial charge in [0.05, 0.1) is 18.3 Å². The molecule has 1 fully saturated rings. The lowest BCUT2D eigenvalue weighted by Crippen LogP contribution is -2.38. The lowest BCUT2D eigenvalue weighted by molar-refractivity contribution is 0.0257. The van der Waals surface area contributed by atoms with E-state index < -0.39 is 0 Å². The zero-order valence-electron chi connectivity index (χ0n) is 11.3. The van der Waals surface area contributed by atoms with Crippen molar-refractivity contribution in [3.63, 3.8) is 0 Å². The van der Waals surface area contributed by atoms with Crippen LogP contribution in [0.1, 0.15) is 31.2 Å². The molecule has 0 aromatic carbocycles. The van der Waals surface area contributed by atoms with Gasteiger partial charge in [-0.15, -0.1) is 0 Å². The molecule has 2 rings (SSSR count). The minimum atomic E-state index is 0.364. The maximum atomic E-state index is 5.42. The van der Waals surface area contributed by atoms with Gasteiger partial charge >= 0.3 is 0 Å². The second-order valence-electron chi connectivity index (χ2n) is 4.80. The Morgan fingerprint density at radius 3 is 3.28 bits per heavy atom. The Bertz CT molecular complexity index is 354. The summed E-state index contributed by atoms with van der Waals surface area (Å²) in [6.07, 6.45) is 2.72. The zero-order chi connectivity index (χ0) is 12.8. The molecule has 5 heteroatoms. The van der Waals surface area contributed by atoms with Crippen molar-refractivity contribution in [1.82, 2.24) is 15.4 Å². The minimum Gasteiger partial charge on any atom is -0.380 e. The van der Waals surface area contributed by atoms with Gasteiger partial charge in [-0.25, -0.2) is 0 Å². The van der Waals surface area contributed by atoms with Gasteiger partial charge < -0.3 is 14.6 Å². The quantitative estimate of drug-likeness (QED) is 0.830. The molecule has 1 aromatic heterocycles. The number of ether oxygens (including phenoxy) is 1. The average molecular weight is 253 g/mol. The highest BCUT2D eigenvalue weighted by Crippen LogP contribution is 2.15. The number of rotatable bonds is 6. The summed E-state index contributed by atoms with van der Waals surface area (Å²) in [5.41, 5.74) is 0.979. The number of hydrogen-bond donors (Lipinski definition) is 1. The van der Waals surface area contributed by atoms with Gasteiger partial charge in [0.15, 0.2) is 5.76 Å². The van der Waals surface area contributed by atoms with Gasteiger partial charge in [0.1, 0.15) is 0 Å². The van der Waals surface area contributed by atoms with Crippen LogP contribution in [0.3, 0.4) is 0 Å². The van der Waals surface area contributed by atoms with Gasteiger partial charge in [0.25, 0.3) is 0 Å². The molecule has 1 aliphatic heterocycles. The monoisotopic (exact) mass is 253 g/mol. The summed E-state index contributed by atoms with van der Waals surface area (Å²) in [6, 6.07) is 2.04. The van der Waals surface area contributed by atoms with E-state index in [4.69, 9.17) is 9.26 Å². The molecule has 102 valence electrons. The summed E-state index contributed by atoms with van der Waals surface area (Å²) in [7, 11) is 1.79. The highest BCUT2D eigenvalue weighted by Gasteiger charge is 2.20.